The lowest BCUT2D eigenvalue weighted by Gasteiger charge is -2.32. The maximum absolute atomic E-state index is 13.1. The van der Waals surface area contributed by atoms with Gasteiger partial charge in [0.1, 0.15) is 6.61 Å². The number of amides is 2. The zero-order valence-electron chi connectivity index (χ0n) is 19.9. The molecule has 2 rings (SSSR count). The summed E-state index contributed by atoms with van der Waals surface area (Å²) in [5.74, 6) is -0.143. The Morgan fingerprint density at radius 1 is 1.09 bits per heavy atom. The fourth-order valence-corrected chi connectivity index (χ4v) is 3.96. The Hall–Kier alpha value is -2.17. The lowest BCUT2D eigenvalue weighted by atomic mass is 9.82. The predicted molar refractivity (Wildman–Crippen MR) is 136 cm³/mol. The van der Waals surface area contributed by atoms with Crippen molar-refractivity contribution in [2.24, 2.45) is 5.92 Å². The second-order valence-electron chi connectivity index (χ2n) is 8.37. The van der Waals surface area contributed by atoms with Crippen molar-refractivity contribution in [3.05, 3.63) is 69.3 Å². The third-order valence-electron chi connectivity index (χ3n) is 5.39. The average Bonchev–Trinajstić information content (AvgIpc) is 2.81. The van der Waals surface area contributed by atoms with Gasteiger partial charge < -0.3 is 14.4 Å². The highest BCUT2D eigenvalue weighted by atomic mass is 127. The number of hydroxylamine groups is 2. The Balaban J connectivity index is 1.91. The van der Waals surface area contributed by atoms with Crippen LogP contribution in [0, 0.1) is 9.49 Å². The summed E-state index contributed by atoms with van der Waals surface area (Å²) in [6.07, 6.45) is -0.383. The van der Waals surface area contributed by atoms with E-state index in [-0.39, 0.29) is 31.1 Å². The topological polar surface area (TPSA) is 68.3 Å². The molecule has 2 aromatic carbocycles. The molecule has 8 heteroatoms. The summed E-state index contributed by atoms with van der Waals surface area (Å²) in [5, 5.41) is 1.23. The van der Waals surface area contributed by atoms with Crippen molar-refractivity contribution in [1.82, 2.24) is 9.96 Å². The number of nitrogens with zero attached hydrogens (tertiary/aromatic N) is 2. The molecule has 0 radical (unpaired) electrons. The normalized spacial score (nSPS) is 13.6. The van der Waals surface area contributed by atoms with Crippen molar-refractivity contribution in [3.63, 3.8) is 0 Å². The van der Waals surface area contributed by atoms with E-state index in [4.69, 9.17) is 14.3 Å². The third kappa shape index (κ3) is 7.97. The Kier molecular flexibility index (Phi) is 10.6. The van der Waals surface area contributed by atoms with Crippen LogP contribution in [0.5, 0.6) is 0 Å². The van der Waals surface area contributed by atoms with Gasteiger partial charge in [-0.1, -0.05) is 49.4 Å². The van der Waals surface area contributed by atoms with Crippen molar-refractivity contribution in [1.29, 1.82) is 0 Å². The zero-order chi connectivity index (χ0) is 24.4. The molecule has 2 aromatic rings. The number of rotatable bonds is 11. The third-order valence-corrected chi connectivity index (χ3v) is 6.06. The maximum Gasteiger partial charge on any atom is 0.409 e. The van der Waals surface area contributed by atoms with Crippen LogP contribution in [0.15, 0.2) is 54.6 Å². The Labute approximate surface area is 210 Å². The van der Waals surface area contributed by atoms with Gasteiger partial charge in [-0.05, 0) is 58.7 Å². The lowest BCUT2D eigenvalue weighted by molar-refractivity contribution is -0.177. The molecule has 2 unspecified atom stereocenters. The van der Waals surface area contributed by atoms with Crippen LogP contribution in [0.3, 0.4) is 0 Å². The van der Waals surface area contributed by atoms with Gasteiger partial charge in [-0.3, -0.25) is 9.63 Å². The van der Waals surface area contributed by atoms with Gasteiger partial charge in [0.25, 0.3) is 5.91 Å². The minimum atomic E-state index is -0.911. The van der Waals surface area contributed by atoms with Crippen LogP contribution < -0.4 is 0 Å². The van der Waals surface area contributed by atoms with E-state index in [1.165, 1.54) is 12.2 Å². The number of ether oxygens (including phenoxy) is 2. The van der Waals surface area contributed by atoms with Crippen LogP contribution in [-0.4, -0.2) is 62.9 Å². The highest BCUT2D eigenvalue weighted by Crippen LogP contribution is 2.28. The molecule has 0 aliphatic rings. The molecule has 0 aliphatic heterocycles. The molecule has 180 valence electrons. The highest BCUT2D eigenvalue weighted by molar-refractivity contribution is 14.1. The van der Waals surface area contributed by atoms with E-state index >= 15 is 0 Å². The van der Waals surface area contributed by atoms with Crippen molar-refractivity contribution >= 4 is 34.6 Å². The summed E-state index contributed by atoms with van der Waals surface area (Å²) < 4.78 is 12.4. The quantitative estimate of drug-likeness (QED) is 0.295. The van der Waals surface area contributed by atoms with Crippen LogP contribution in [0.2, 0.25) is 0 Å². The van der Waals surface area contributed by atoms with Crippen molar-refractivity contribution in [3.8, 4) is 0 Å². The fraction of sp³-hybridized carbons (Fsp3) is 0.440. The number of benzene rings is 2. The van der Waals surface area contributed by atoms with Gasteiger partial charge in [-0.15, -0.1) is 0 Å². The molecule has 2 amide bonds. The van der Waals surface area contributed by atoms with Gasteiger partial charge >= 0.3 is 6.09 Å². The first-order chi connectivity index (χ1) is 15.7. The van der Waals surface area contributed by atoms with E-state index in [1.54, 1.807) is 19.0 Å². The van der Waals surface area contributed by atoms with Crippen molar-refractivity contribution < 1.29 is 23.9 Å². The van der Waals surface area contributed by atoms with E-state index in [2.05, 4.69) is 22.6 Å². The molecule has 0 saturated carbocycles. The standard InChI is InChI=1S/C25H33IN2O5/c1-19(15-27(3)24(30)33-17-20-10-7-6-8-11-20)16-32-18-25(2,23(29)28(4)31-5)21-12-9-13-22(26)14-21/h6-14,19H,15-18H2,1-5H3. The molecule has 0 aromatic heterocycles. The highest BCUT2D eigenvalue weighted by Gasteiger charge is 2.38. The molecular weight excluding hydrogens is 535 g/mol. The van der Waals surface area contributed by atoms with Gasteiger partial charge in [0.15, 0.2) is 0 Å². The molecule has 33 heavy (non-hydrogen) atoms. The molecular formula is C25H33IN2O5. The molecule has 0 spiro atoms. The van der Waals surface area contributed by atoms with Crippen LogP contribution in [0.1, 0.15) is 25.0 Å². The molecule has 2 atom stereocenters. The van der Waals surface area contributed by atoms with E-state index in [0.717, 1.165) is 14.7 Å². The second kappa shape index (κ2) is 12.9. The first-order valence-corrected chi connectivity index (χ1v) is 11.8. The Bertz CT molecular complexity index is 911. The molecule has 0 saturated heterocycles. The SMILES string of the molecule is CON(C)C(=O)C(C)(COCC(C)CN(C)C(=O)OCc1ccccc1)c1cccc(I)c1. The minimum Gasteiger partial charge on any atom is -0.445 e. The van der Waals surface area contributed by atoms with Crippen molar-refractivity contribution in [2.45, 2.75) is 25.9 Å². The van der Waals surface area contributed by atoms with Gasteiger partial charge in [-0.2, -0.15) is 0 Å². The molecule has 0 aliphatic carbocycles. The van der Waals surface area contributed by atoms with Gasteiger partial charge in [0.2, 0.25) is 0 Å². The summed E-state index contributed by atoms with van der Waals surface area (Å²) in [6, 6.07) is 17.4. The van der Waals surface area contributed by atoms with Crippen LogP contribution in [-0.2, 0) is 31.1 Å². The summed E-state index contributed by atoms with van der Waals surface area (Å²) >= 11 is 2.23. The lowest BCUT2D eigenvalue weighted by Crippen LogP contribution is -2.46. The number of carbonyl (C=O) groups is 2. The predicted octanol–water partition coefficient (Wildman–Crippen LogP) is 4.49. The molecule has 0 bridgehead atoms. The van der Waals surface area contributed by atoms with E-state index in [0.29, 0.717) is 13.2 Å². The number of hydrogen-bond donors (Lipinski definition) is 0. The van der Waals surface area contributed by atoms with Crippen LogP contribution >= 0.6 is 22.6 Å². The molecule has 0 N–H and O–H groups in total. The van der Waals surface area contributed by atoms with E-state index in [1.807, 2.05) is 68.4 Å². The fourth-order valence-electron chi connectivity index (χ4n) is 3.42. The monoisotopic (exact) mass is 568 g/mol. The first-order valence-electron chi connectivity index (χ1n) is 10.7. The maximum atomic E-state index is 13.1. The van der Waals surface area contributed by atoms with Gasteiger partial charge in [0, 0.05) is 24.2 Å². The first kappa shape index (κ1) is 27.1. The largest absolute Gasteiger partial charge is 0.445 e. The van der Waals surface area contributed by atoms with Gasteiger partial charge in [-0.25, -0.2) is 9.86 Å². The summed E-state index contributed by atoms with van der Waals surface area (Å²) in [5.41, 5.74) is 0.889. The van der Waals surface area contributed by atoms with E-state index < -0.39 is 5.41 Å². The average molecular weight is 568 g/mol. The Morgan fingerprint density at radius 3 is 2.42 bits per heavy atom. The smallest absolute Gasteiger partial charge is 0.409 e. The minimum absolute atomic E-state index is 0.0506. The van der Waals surface area contributed by atoms with Crippen LogP contribution in [0.4, 0.5) is 4.79 Å². The number of hydrogen-bond acceptors (Lipinski definition) is 5. The zero-order valence-corrected chi connectivity index (χ0v) is 22.1. The summed E-state index contributed by atoms with van der Waals surface area (Å²) in [6.45, 7) is 5.13. The van der Waals surface area contributed by atoms with E-state index in [9.17, 15) is 9.59 Å². The number of halogens is 1. The summed E-state index contributed by atoms with van der Waals surface area (Å²) in [7, 11) is 4.76. The number of likely N-dealkylation sites (N-methyl/N-ethyl adjacent to an activating group) is 1. The van der Waals surface area contributed by atoms with Gasteiger partial charge in [0.05, 0.1) is 25.7 Å². The van der Waals surface area contributed by atoms with Crippen molar-refractivity contribution in [2.75, 3.05) is 41.0 Å². The second-order valence-corrected chi connectivity index (χ2v) is 9.61. The summed E-state index contributed by atoms with van der Waals surface area (Å²) in [4.78, 5) is 32.1. The van der Waals surface area contributed by atoms with Crippen LogP contribution in [0.25, 0.3) is 0 Å². The molecule has 7 nitrogen and oxygen atoms in total. The number of carbonyl (C=O) groups excluding carboxylic acids is 2. The Morgan fingerprint density at radius 2 is 1.79 bits per heavy atom. The molecule has 0 heterocycles. The molecule has 0 fully saturated rings.